The van der Waals surface area contributed by atoms with Gasteiger partial charge in [0.1, 0.15) is 0 Å². The van der Waals surface area contributed by atoms with E-state index < -0.39 is 0 Å². The van der Waals surface area contributed by atoms with E-state index in [9.17, 15) is 14.4 Å². The quantitative estimate of drug-likeness (QED) is 0.327. The lowest BCUT2D eigenvalue weighted by atomic mass is 9.93. The Balaban J connectivity index is 0. The van der Waals surface area contributed by atoms with Crippen LogP contribution in [0.3, 0.4) is 0 Å². The van der Waals surface area contributed by atoms with E-state index >= 15 is 0 Å². The Hall–Kier alpha value is -1.04. The number of hydrogen-bond donors (Lipinski definition) is 0. The van der Waals surface area contributed by atoms with Crippen LogP contribution in [-0.4, -0.2) is 79.2 Å². The van der Waals surface area contributed by atoms with E-state index in [2.05, 4.69) is 30.0 Å². The number of carbonyl (C=O) groups excluding carboxylic acids is 3. The highest BCUT2D eigenvalue weighted by Gasteiger charge is 2.36. The van der Waals surface area contributed by atoms with Crippen molar-refractivity contribution in [2.24, 2.45) is 11.3 Å². The van der Waals surface area contributed by atoms with Crippen LogP contribution in [-0.2, 0) is 23.9 Å². The summed E-state index contributed by atoms with van der Waals surface area (Å²) in [5, 5.41) is -0.142. The Morgan fingerprint density at radius 2 is 1.77 bits per heavy atom. The van der Waals surface area contributed by atoms with Crippen LogP contribution in [0.5, 0.6) is 0 Å². The molecule has 3 atom stereocenters. The van der Waals surface area contributed by atoms with Gasteiger partial charge < -0.3 is 14.4 Å². The summed E-state index contributed by atoms with van der Waals surface area (Å²) in [5.41, 5.74) is -0.215. The number of nitrogens with zero attached hydrogens (tertiary/aromatic N) is 2. The molecule has 0 radical (unpaired) electrons. The maximum atomic E-state index is 12.6. The van der Waals surface area contributed by atoms with Crippen molar-refractivity contribution in [3.8, 4) is 0 Å². The summed E-state index contributed by atoms with van der Waals surface area (Å²) in [6.07, 6.45) is 0.402. The number of ether oxygens (including phenoxy) is 2. The molecule has 0 bridgehead atoms. The first-order chi connectivity index (χ1) is 13.9. The van der Waals surface area contributed by atoms with Gasteiger partial charge in [0.2, 0.25) is 17.7 Å². The molecule has 3 unspecified atom stereocenters. The van der Waals surface area contributed by atoms with Gasteiger partial charge in [0, 0.05) is 56.1 Å². The van der Waals surface area contributed by atoms with Crippen LogP contribution in [0.15, 0.2) is 0 Å². The number of hydrogen-bond acceptors (Lipinski definition) is 5. The van der Waals surface area contributed by atoms with Gasteiger partial charge in [0.25, 0.3) is 0 Å². The predicted molar refractivity (Wildman–Crippen MR) is 130 cm³/mol. The van der Waals surface area contributed by atoms with Crippen molar-refractivity contribution < 1.29 is 23.9 Å². The number of methoxy groups -OCH3 is 1. The topological polar surface area (TPSA) is 76.2 Å². The zero-order valence-electron chi connectivity index (χ0n) is 20.2. The van der Waals surface area contributed by atoms with Gasteiger partial charge in [0.05, 0.1) is 19.8 Å². The average Bonchev–Trinajstić information content (AvgIpc) is 2.90. The van der Waals surface area contributed by atoms with Gasteiger partial charge >= 0.3 is 0 Å². The highest BCUT2D eigenvalue weighted by Crippen LogP contribution is 2.23. The zero-order valence-corrected chi connectivity index (χ0v) is 21.4. The summed E-state index contributed by atoms with van der Waals surface area (Å²) in [7, 11) is 4.42. The Bertz CT molecular complexity index is 566. The summed E-state index contributed by atoms with van der Waals surface area (Å²) in [5.74, 6) is -0.683. The second-order valence-electron chi connectivity index (χ2n) is 8.89. The molecule has 1 aliphatic heterocycles. The third kappa shape index (κ3) is 11.4. The number of likely N-dealkylation sites (tertiary alicyclic amines) is 1. The second-order valence-corrected chi connectivity index (χ2v) is 10.3. The Kier molecular flexibility index (Phi) is 15.5. The highest BCUT2D eigenvalue weighted by molar-refractivity contribution is 7.19. The molecule has 0 aromatic carbocycles. The smallest absolute Gasteiger partial charge is 0.232 e. The molecule has 0 aromatic heterocycles. The summed E-state index contributed by atoms with van der Waals surface area (Å²) < 4.78 is 11.1. The molecule has 0 aliphatic carbocycles. The van der Waals surface area contributed by atoms with Crippen molar-refractivity contribution in [3.05, 3.63) is 0 Å². The van der Waals surface area contributed by atoms with E-state index in [1.54, 1.807) is 18.9 Å². The first kappa shape index (κ1) is 32.1. The molecule has 7 nitrogen and oxygen atoms in total. The predicted octanol–water partition coefficient (Wildman–Crippen LogP) is 3.61. The molecule has 8 heteroatoms. The molecule has 0 spiro atoms. The molecule has 3 amide bonds. The largest absolute Gasteiger partial charge is 0.384 e. The van der Waals surface area contributed by atoms with Crippen LogP contribution >= 0.6 is 9.24 Å². The minimum Gasteiger partial charge on any atom is -0.384 e. The van der Waals surface area contributed by atoms with Gasteiger partial charge in [-0.1, -0.05) is 49.0 Å². The fourth-order valence-corrected chi connectivity index (χ4v) is 3.60. The first-order valence-electron chi connectivity index (χ1n) is 10.9. The van der Waals surface area contributed by atoms with Crippen molar-refractivity contribution in [1.29, 1.82) is 0 Å². The second kappa shape index (κ2) is 14.9. The van der Waals surface area contributed by atoms with Gasteiger partial charge in [0.15, 0.2) is 0 Å². The van der Waals surface area contributed by atoms with Crippen LogP contribution in [0.2, 0.25) is 0 Å². The molecule has 31 heavy (non-hydrogen) atoms. The van der Waals surface area contributed by atoms with Crippen LogP contribution in [0.4, 0.5) is 0 Å². The highest BCUT2D eigenvalue weighted by atomic mass is 31.0. The van der Waals surface area contributed by atoms with E-state index in [1.165, 1.54) is 4.90 Å². The van der Waals surface area contributed by atoms with Gasteiger partial charge in [-0.2, -0.15) is 0 Å². The number of rotatable bonds is 12. The van der Waals surface area contributed by atoms with E-state index in [0.29, 0.717) is 32.9 Å². The lowest BCUT2D eigenvalue weighted by molar-refractivity contribution is -0.140. The molecule has 0 saturated carbocycles. The fraction of sp³-hybridized carbons (Fsp3) is 0.870. The molecular formula is C23H47N2O5P. The molecule has 1 rings (SSSR count). The third-order valence-electron chi connectivity index (χ3n) is 4.77. The summed E-state index contributed by atoms with van der Waals surface area (Å²) >= 11 is 0. The lowest BCUT2D eigenvalue weighted by Gasteiger charge is -2.33. The van der Waals surface area contributed by atoms with Gasteiger partial charge in [-0.05, 0) is 6.92 Å². The minimum absolute atomic E-state index is 0. The number of imide groups is 1. The van der Waals surface area contributed by atoms with Crippen molar-refractivity contribution in [2.45, 2.75) is 73.9 Å². The van der Waals surface area contributed by atoms with Crippen LogP contribution in [0, 0.1) is 11.3 Å². The monoisotopic (exact) mass is 462 g/mol. The number of amides is 3. The Morgan fingerprint density at radius 1 is 1.19 bits per heavy atom. The Morgan fingerprint density at radius 3 is 2.23 bits per heavy atom. The van der Waals surface area contributed by atoms with E-state index in [-0.39, 0.29) is 61.0 Å². The van der Waals surface area contributed by atoms with E-state index in [0.717, 1.165) is 0 Å². The maximum absolute atomic E-state index is 12.6. The van der Waals surface area contributed by atoms with Gasteiger partial charge in [-0.3, -0.25) is 19.3 Å². The number of carbonyl (C=O) groups is 3. The fourth-order valence-electron chi connectivity index (χ4n) is 3.32. The standard InChI is InChI=1S/C20H37N2O5P.C2H6.CH4/c1-7-21(11-19(3,4)12-27-14-20(5,28)13-26-6)16(23)8-9-22-17(24)10-15(2)18(22)25;1-2;/h15H,7-14,28H2,1-6H3;1-2H3;1H4. The summed E-state index contributed by atoms with van der Waals surface area (Å²) in [4.78, 5) is 39.5. The van der Waals surface area contributed by atoms with Crippen LogP contribution in [0.25, 0.3) is 0 Å². The molecule has 1 heterocycles. The van der Waals surface area contributed by atoms with Crippen molar-refractivity contribution >= 4 is 27.0 Å². The maximum Gasteiger partial charge on any atom is 0.232 e. The SMILES string of the molecule is C.CC.CCN(CC(C)(C)COCC(C)(P)COC)C(=O)CCN1C(=O)CC(C)C1=O. The summed E-state index contributed by atoms with van der Waals surface area (Å²) in [6.45, 7) is 16.8. The molecule has 1 fully saturated rings. The van der Waals surface area contributed by atoms with Crippen molar-refractivity contribution in [3.63, 3.8) is 0 Å². The molecule has 1 aliphatic rings. The lowest BCUT2D eigenvalue weighted by Crippen LogP contribution is -2.43. The van der Waals surface area contributed by atoms with E-state index in [4.69, 9.17) is 9.47 Å². The zero-order chi connectivity index (χ0) is 23.5. The molecule has 0 aromatic rings. The minimum atomic E-state index is -0.276. The van der Waals surface area contributed by atoms with Crippen molar-refractivity contribution in [1.82, 2.24) is 9.80 Å². The Labute approximate surface area is 192 Å². The van der Waals surface area contributed by atoms with Gasteiger partial charge in [-0.25, -0.2) is 0 Å². The van der Waals surface area contributed by atoms with Crippen molar-refractivity contribution in [2.75, 3.05) is 46.6 Å². The summed E-state index contributed by atoms with van der Waals surface area (Å²) in [6, 6.07) is 0. The molecule has 1 saturated heterocycles. The molecule has 0 N–H and O–H groups in total. The normalized spacial score (nSPS) is 18.1. The average molecular weight is 463 g/mol. The first-order valence-corrected chi connectivity index (χ1v) is 11.5. The van der Waals surface area contributed by atoms with E-state index in [1.807, 2.05) is 20.8 Å². The van der Waals surface area contributed by atoms with Gasteiger partial charge in [-0.15, -0.1) is 9.24 Å². The van der Waals surface area contributed by atoms with Crippen LogP contribution in [0.1, 0.15) is 68.7 Å². The molecule has 184 valence electrons. The third-order valence-corrected chi connectivity index (χ3v) is 5.10. The van der Waals surface area contributed by atoms with Crippen LogP contribution < -0.4 is 0 Å². The molecular weight excluding hydrogens is 415 g/mol.